The van der Waals surface area contributed by atoms with E-state index < -0.39 is 0 Å². The van der Waals surface area contributed by atoms with Crippen LogP contribution in [-0.2, 0) is 4.94 Å². The fourth-order valence-electron chi connectivity index (χ4n) is 1.86. The van der Waals surface area contributed by atoms with Crippen molar-refractivity contribution in [3.63, 3.8) is 0 Å². The van der Waals surface area contributed by atoms with Gasteiger partial charge in [-0.05, 0) is 27.7 Å². The number of hydroxylamine groups is 4. The molecule has 2 heterocycles. The Hall–Kier alpha value is -0.780. The normalized spacial score (nSPS) is 29.1. The molecule has 0 aliphatic carbocycles. The zero-order valence-corrected chi connectivity index (χ0v) is 9.77. The molecule has 5 heteroatoms. The predicted molar refractivity (Wildman–Crippen MR) is 59.6 cm³/mol. The topological polar surface area (TPSA) is 40.4 Å². The highest BCUT2D eigenvalue weighted by Gasteiger charge is 2.44. The first kappa shape index (κ1) is 10.7. The van der Waals surface area contributed by atoms with E-state index in [1.165, 1.54) is 0 Å². The number of aliphatic imine (C=N–C) groups is 2. The van der Waals surface area contributed by atoms with Crippen molar-refractivity contribution < 1.29 is 4.94 Å². The van der Waals surface area contributed by atoms with E-state index in [0.29, 0.717) is 6.67 Å². The average Bonchev–Trinajstić information content (AvgIpc) is 2.69. The summed E-state index contributed by atoms with van der Waals surface area (Å²) in [5.74, 6) is 0. The van der Waals surface area contributed by atoms with Crippen LogP contribution in [0.3, 0.4) is 0 Å². The molecule has 0 amide bonds. The van der Waals surface area contributed by atoms with Crippen LogP contribution in [0.5, 0.6) is 0 Å². The van der Waals surface area contributed by atoms with Crippen LogP contribution in [0.15, 0.2) is 9.98 Å². The van der Waals surface area contributed by atoms with Gasteiger partial charge >= 0.3 is 0 Å². The van der Waals surface area contributed by atoms with Gasteiger partial charge in [0.05, 0.1) is 12.1 Å². The molecular formula is C10H18N4O. The fourth-order valence-corrected chi connectivity index (χ4v) is 1.86. The highest BCUT2D eigenvalue weighted by molar-refractivity contribution is 5.71. The molecule has 0 fully saturated rings. The van der Waals surface area contributed by atoms with Gasteiger partial charge in [-0.1, -0.05) is 0 Å². The van der Waals surface area contributed by atoms with E-state index >= 15 is 0 Å². The van der Waals surface area contributed by atoms with Gasteiger partial charge in [0.15, 0.2) is 0 Å². The van der Waals surface area contributed by atoms with Crippen LogP contribution in [0, 0.1) is 0 Å². The third-order valence-electron chi connectivity index (χ3n) is 2.57. The van der Waals surface area contributed by atoms with Crippen LogP contribution < -0.4 is 0 Å². The largest absolute Gasteiger partial charge is 0.278 e. The van der Waals surface area contributed by atoms with Crippen molar-refractivity contribution in [3.8, 4) is 0 Å². The van der Waals surface area contributed by atoms with E-state index in [4.69, 9.17) is 4.94 Å². The molecule has 0 aromatic carbocycles. The molecule has 0 aromatic heterocycles. The Morgan fingerprint density at radius 2 is 2.00 bits per heavy atom. The molecule has 2 aliphatic rings. The van der Waals surface area contributed by atoms with Gasteiger partial charge in [-0.15, -0.1) is 10.1 Å². The third-order valence-corrected chi connectivity index (χ3v) is 2.57. The molecule has 0 radical (unpaired) electrons. The molecule has 5 nitrogen and oxygen atoms in total. The molecule has 0 aromatic rings. The van der Waals surface area contributed by atoms with Gasteiger partial charge in [0, 0.05) is 12.4 Å². The second-order valence-corrected chi connectivity index (χ2v) is 4.95. The number of hydrogen-bond acceptors (Lipinski definition) is 5. The number of nitrogens with zero attached hydrogens (tertiary/aromatic N) is 4. The Morgan fingerprint density at radius 3 is 2.47 bits per heavy atom. The smallest absolute Gasteiger partial charge is 0.132 e. The molecular weight excluding hydrogens is 192 g/mol. The summed E-state index contributed by atoms with van der Waals surface area (Å²) in [6, 6.07) is 0. The van der Waals surface area contributed by atoms with E-state index in [1.807, 2.05) is 36.4 Å². The molecule has 0 saturated carbocycles. The first-order valence-electron chi connectivity index (χ1n) is 5.20. The van der Waals surface area contributed by atoms with Crippen LogP contribution in [0.25, 0.3) is 0 Å². The fraction of sp³-hybridized carbons (Fsp3) is 0.800. The van der Waals surface area contributed by atoms with Crippen molar-refractivity contribution in [1.82, 2.24) is 10.1 Å². The summed E-state index contributed by atoms with van der Waals surface area (Å²) in [6.07, 6.45) is 3.79. The Balaban J connectivity index is 2.06. The van der Waals surface area contributed by atoms with Gasteiger partial charge in [0.1, 0.15) is 12.3 Å². The molecule has 2 rings (SSSR count). The lowest BCUT2D eigenvalue weighted by Gasteiger charge is -2.38. The lowest BCUT2D eigenvalue weighted by atomic mass is 10.1. The number of rotatable bonds is 2. The Kier molecular flexibility index (Phi) is 2.41. The van der Waals surface area contributed by atoms with Gasteiger partial charge in [0.2, 0.25) is 0 Å². The van der Waals surface area contributed by atoms with Crippen LogP contribution >= 0.6 is 0 Å². The minimum absolute atomic E-state index is 0.175. The van der Waals surface area contributed by atoms with Gasteiger partial charge in [0.25, 0.3) is 0 Å². The average molecular weight is 210 g/mol. The zero-order valence-electron chi connectivity index (χ0n) is 9.77. The highest BCUT2D eigenvalue weighted by Crippen LogP contribution is 2.32. The zero-order chi connectivity index (χ0) is 11.1. The molecule has 2 aliphatic heterocycles. The third kappa shape index (κ3) is 1.95. The maximum absolute atomic E-state index is 5.82. The number of hydrogen-bond donors (Lipinski definition) is 0. The summed E-state index contributed by atoms with van der Waals surface area (Å²) in [4.78, 5) is 14.4. The van der Waals surface area contributed by atoms with Crippen molar-refractivity contribution in [2.24, 2.45) is 9.98 Å². The minimum Gasteiger partial charge on any atom is -0.278 e. The molecule has 0 saturated heterocycles. The maximum atomic E-state index is 5.82. The van der Waals surface area contributed by atoms with Crippen LogP contribution in [-0.4, -0.2) is 47.0 Å². The van der Waals surface area contributed by atoms with Gasteiger partial charge in [-0.2, -0.15) is 0 Å². The Labute approximate surface area is 90.3 Å². The minimum atomic E-state index is -0.313. The second kappa shape index (κ2) is 3.37. The molecule has 0 N–H and O–H groups in total. The summed E-state index contributed by atoms with van der Waals surface area (Å²) in [7, 11) is 0. The van der Waals surface area contributed by atoms with Crippen molar-refractivity contribution >= 4 is 12.4 Å². The quantitative estimate of drug-likeness (QED) is 0.684. The molecule has 0 spiro atoms. The molecule has 0 bridgehead atoms. The van der Waals surface area contributed by atoms with Gasteiger partial charge in [-0.25, -0.2) is 4.94 Å². The van der Waals surface area contributed by atoms with E-state index in [2.05, 4.69) is 23.8 Å². The lowest BCUT2D eigenvalue weighted by Crippen LogP contribution is -2.53. The summed E-state index contributed by atoms with van der Waals surface area (Å²) >= 11 is 0. The van der Waals surface area contributed by atoms with Gasteiger partial charge < -0.3 is 0 Å². The first-order chi connectivity index (χ1) is 6.92. The van der Waals surface area contributed by atoms with Crippen molar-refractivity contribution in [3.05, 3.63) is 0 Å². The molecule has 0 atom stereocenters. The van der Waals surface area contributed by atoms with E-state index in [1.54, 1.807) is 0 Å². The van der Waals surface area contributed by atoms with E-state index in [9.17, 15) is 0 Å². The Morgan fingerprint density at radius 1 is 1.27 bits per heavy atom. The summed E-state index contributed by atoms with van der Waals surface area (Å²) < 4.78 is 0. The van der Waals surface area contributed by atoms with Crippen molar-refractivity contribution in [2.75, 3.05) is 13.2 Å². The summed E-state index contributed by atoms with van der Waals surface area (Å²) in [5.41, 5.74) is -0.488. The van der Waals surface area contributed by atoms with Gasteiger partial charge in [-0.3, -0.25) is 9.98 Å². The van der Waals surface area contributed by atoms with E-state index in [-0.39, 0.29) is 11.2 Å². The first-order valence-corrected chi connectivity index (χ1v) is 5.20. The maximum Gasteiger partial charge on any atom is 0.132 e. The summed E-state index contributed by atoms with van der Waals surface area (Å²) in [6.45, 7) is 9.58. The standard InChI is InChI=1S/C10H18N4O/c1-9(2)7-12-10(3,4)14(9)15-13-6-5-11-8-13/h5,7H,6,8H2,1-4H3. The van der Waals surface area contributed by atoms with Crippen molar-refractivity contribution in [2.45, 2.75) is 38.9 Å². The molecule has 0 unspecified atom stereocenters. The predicted octanol–water partition coefficient (Wildman–Crippen LogP) is 1.08. The monoisotopic (exact) mass is 210 g/mol. The van der Waals surface area contributed by atoms with Crippen LogP contribution in [0.1, 0.15) is 27.7 Å². The van der Waals surface area contributed by atoms with Crippen molar-refractivity contribution in [1.29, 1.82) is 0 Å². The summed E-state index contributed by atoms with van der Waals surface area (Å²) in [5, 5.41) is 3.73. The molecule has 84 valence electrons. The molecule has 15 heavy (non-hydrogen) atoms. The highest BCUT2D eigenvalue weighted by atomic mass is 16.8. The van der Waals surface area contributed by atoms with Crippen LogP contribution in [0.4, 0.5) is 0 Å². The lowest BCUT2D eigenvalue weighted by molar-refractivity contribution is -0.362. The SMILES string of the molecule is CC1(C)C=NC(C)(C)N1ON1CC=NC1. The Bertz CT molecular complexity index is 283. The van der Waals surface area contributed by atoms with E-state index in [0.717, 1.165) is 6.54 Å². The second-order valence-electron chi connectivity index (χ2n) is 4.95. The van der Waals surface area contributed by atoms with Crippen LogP contribution in [0.2, 0.25) is 0 Å².